The molecule has 1 aromatic carbocycles. The zero-order valence-electron chi connectivity index (χ0n) is 13.6. The predicted octanol–water partition coefficient (Wildman–Crippen LogP) is 1.88. The third-order valence-corrected chi connectivity index (χ3v) is 3.28. The number of nitriles is 1. The SMILES string of the molecule is CCC(C)NC(=O)/C(C#N)=C\NCc1ccc(C(=O)OC)cc1. The van der Waals surface area contributed by atoms with Crippen LogP contribution in [0.4, 0.5) is 0 Å². The highest BCUT2D eigenvalue weighted by molar-refractivity contribution is 5.97. The maximum atomic E-state index is 11.8. The van der Waals surface area contributed by atoms with Crippen molar-refractivity contribution in [2.24, 2.45) is 0 Å². The van der Waals surface area contributed by atoms with Gasteiger partial charge in [0.2, 0.25) is 0 Å². The molecule has 0 aromatic heterocycles. The first-order chi connectivity index (χ1) is 11.0. The van der Waals surface area contributed by atoms with Gasteiger partial charge in [-0.25, -0.2) is 4.79 Å². The number of esters is 1. The van der Waals surface area contributed by atoms with Gasteiger partial charge in [0, 0.05) is 18.8 Å². The third-order valence-electron chi connectivity index (χ3n) is 3.28. The second-order valence-electron chi connectivity index (χ2n) is 5.02. The molecule has 6 heteroatoms. The largest absolute Gasteiger partial charge is 0.465 e. The van der Waals surface area contributed by atoms with Crippen molar-refractivity contribution in [1.29, 1.82) is 5.26 Å². The van der Waals surface area contributed by atoms with Gasteiger partial charge in [-0.2, -0.15) is 5.26 Å². The summed E-state index contributed by atoms with van der Waals surface area (Å²) in [6, 6.07) is 8.77. The molecule has 0 fully saturated rings. The minimum absolute atomic E-state index is 0.0186. The molecular formula is C17H21N3O3. The van der Waals surface area contributed by atoms with Crippen molar-refractivity contribution in [1.82, 2.24) is 10.6 Å². The van der Waals surface area contributed by atoms with Crippen molar-refractivity contribution >= 4 is 11.9 Å². The molecule has 1 amide bonds. The van der Waals surface area contributed by atoms with E-state index in [1.807, 2.05) is 19.9 Å². The van der Waals surface area contributed by atoms with Gasteiger partial charge in [0.25, 0.3) is 5.91 Å². The molecule has 0 aliphatic carbocycles. The van der Waals surface area contributed by atoms with Crippen LogP contribution in [0, 0.1) is 11.3 Å². The second-order valence-corrected chi connectivity index (χ2v) is 5.02. The van der Waals surface area contributed by atoms with E-state index in [-0.39, 0.29) is 11.6 Å². The monoisotopic (exact) mass is 315 g/mol. The molecular weight excluding hydrogens is 294 g/mol. The van der Waals surface area contributed by atoms with Crippen LogP contribution in [0.2, 0.25) is 0 Å². The van der Waals surface area contributed by atoms with Crippen LogP contribution in [0.5, 0.6) is 0 Å². The summed E-state index contributed by atoms with van der Waals surface area (Å²) in [5, 5.41) is 14.7. The summed E-state index contributed by atoms with van der Waals surface area (Å²) in [4.78, 5) is 23.2. The van der Waals surface area contributed by atoms with Crippen LogP contribution in [0.1, 0.15) is 36.2 Å². The van der Waals surface area contributed by atoms with Crippen molar-refractivity contribution in [3.05, 3.63) is 47.2 Å². The Morgan fingerprint density at radius 1 is 1.35 bits per heavy atom. The molecule has 1 unspecified atom stereocenters. The second kappa shape index (κ2) is 9.26. The quantitative estimate of drug-likeness (QED) is 0.455. The number of rotatable bonds is 7. The molecule has 2 N–H and O–H groups in total. The Balaban J connectivity index is 2.61. The minimum Gasteiger partial charge on any atom is -0.465 e. The van der Waals surface area contributed by atoms with E-state index in [2.05, 4.69) is 15.4 Å². The molecule has 0 radical (unpaired) electrons. The topological polar surface area (TPSA) is 91.2 Å². The molecule has 0 aliphatic rings. The zero-order valence-corrected chi connectivity index (χ0v) is 13.6. The molecule has 0 bridgehead atoms. The molecule has 0 saturated heterocycles. The summed E-state index contributed by atoms with van der Waals surface area (Å²) in [6.45, 7) is 4.27. The smallest absolute Gasteiger partial charge is 0.337 e. The lowest BCUT2D eigenvalue weighted by molar-refractivity contribution is -0.117. The van der Waals surface area contributed by atoms with Crippen LogP contribution in [-0.2, 0) is 16.1 Å². The van der Waals surface area contributed by atoms with Gasteiger partial charge in [-0.15, -0.1) is 0 Å². The average Bonchev–Trinajstić information content (AvgIpc) is 2.58. The van der Waals surface area contributed by atoms with Gasteiger partial charge in [0.05, 0.1) is 12.7 Å². The highest BCUT2D eigenvalue weighted by atomic mass is 16.5. The minimum atomic E-state index is -0.393. The van der Waals surface area contributed by atoms with E-state index in [0.29, 0.717) is 12.1 Å². The maximum absolute atomic E-state index is 11.8. The zero-order chi connectivity index (χ0) is 17.2. The maximum Gasteiger partial charge on any atom is 0.337 e. The number of carbonyl (C=O) groups is 2. The van der Waals surface area contributed by atoms with Crippen molar-refractivity contribution < 1.29 is 14.3 Å². The number of hydrogen-bond donors (Lipinski definition) is 2. The summed E-state index contributed by atoms with van der Waals surface area (Å²) in [5.41, 5.74) is 1.41. The lowest BCUT2D eigenvalue weighted by atomic mass is 10.1. The van der Waals surface area contributed by atoms with Gasteiger partial charge in [-0.3, -0.25) is 4.79 Å². The molecule has 1 atom stereocenters. The fourth-order valence-electron chi connectivity index (χ4n) is 1.70. The van der Waals surface area contributed by atoms with E-state index in [1.165, 1.54) is 13.3 Å². The first-order valence-corrected chi connectivity index (χ1v) is 7.33. The Morgan fingerprint density at radius 2 is 2.00 bits per heavy atom. The molecule has 6 nitrogen and oxygen atoms in total. The average molecular weight is 315 g/mol. The van der Waals surface area contributed by atoms with Crippen molar-refractivity contribution in [3.63, 3.8) is 0 Å². The number of benzene rings is 1. The van der Waals surface area contributed by atoms with Gasteiger partial charge in [-0.05, 0) is 31.0 Å². The highest BCUT2D eigenvalue weighted by Gasteiger charge is 2.10. The summed E-state index contributed by atoms with van der Waals surface area (Å²) in [7, 11) is 1.33. The van der Waals surface area contributed by atoms with E-state index < -0.39 is 11.9 Å². The van der Waals surface area contributed by atoms with Gasteiger partial charge in [-0.1, -0.05) is 19.1 Å². The number of methoxy groups -OCH3 is 1. The summed E-state index contributed by atoms with van der Waals surface area (Å²) >= 11 is 0. The summed E-state index contributed by atoms with van der Waals surface area (Å²) in [5.74, 6) is -0.784. The highest BCUT2D eigenvalue weighted by Crippen LogP contribution is 2.05. The van der Waals surface area contributed by atoms with Crippen LogP contribution in [0.25, 0.3) is 0 Å². The van der Waals surface area contributed by atoms with Gasteiger partial charge < -0.3 is 15.4 Å². The lowest BCUT2D eigenvalue weighted by Gasteiger charge is -2.10. The third kappa shape index (κ3) is 5.83. The Labute approximate surface area is 136 Å². The van der Waals surface area contributed by atoms with E-state index in [1.54, 1.807) is 24.3 Å². The Morgan fingerprint density at radius 3 is 2.52 bits per heavy atom. The molecule has 0 heterocycles. The lowest BCUT2D eigenvalue weighted by Crippen LogP contribution is -2.33. The molecule has 0 saturated carbocycles. The normalized spacial score (nSPS) is 12.0. The number of nitrogens with zero attached hydrogens (tertiary/aromatic N) is 1. The number of carbonyl (C=O) groups excluding carboxylic acids is 2. The van der Waals surface area contributed by atoms with Gasteiger partial charge in [0.15, 0.2) is 0 Å². The summed E-state index contributed by atoms with van der Waals surface area (Å²) < 4.78 is 4.63. The van der Waals surface area contributed by atoms with Gasteiger partial charge >= 0.3 is 5.97 Å². The number of ether oxygens (including phenoxy) is 1. The molecule has 23 heavy (non-hydrogen) atoms. The van der Waals surface area contributed by atoms with Crippen molar-refractivity contribution in [2.75, 3.05) is 7.11 Å². The summed E-state index contributed by atoms with van der Waals surface area (Å²) in [6.07, 6.45) is 2.19. The van der Waals surface area contributed by atoms with Crippen molar-refractivity contribution in [2.45, 2.75) is 32.9 Å². The first-order valence-electron chi connectivity index (χ1n) is 7.33. The first kappa shape index (κ1) is 18.2. The van der Waals surface area contributed by atoms with E-state index in [9.17, 15) is 9.59 Å². The molecule has 1 aromatic rings. The van der Waals surface area contributed by atoms with Crippen LogP contribution < -0.4 is 10.6 Å². The Hall–Kier alpha value is -2.81. The van der Waals surface area contributed by atoms with Crippen LogP contribution in [0.15, 0.2) is 36.0 Å². The Kier molecular flexibility index (Phi) is 7.34. The van der Waals surface area contributed by atoms with Crippen LogP contribution in [-0.4, -0.2) is 25.0 Å². The van der Waals surface area contributed by atoms with Crippen LogP contribution >= 0.6 is 0 Å². The fourth-order valence-corrected chi connectivity index (χ4v) is 1.70. The standard InChI is InChI=1S/C17H21N3O3/c1-4-12(2)20-16(21)15(9-18)11-19-10-13-5-7-14(8-6-13)17(22)23-3/h5-8,11-12,19H,4,10H2,1-3H3,(H,20,21)/b15-11-. The number of hydrogen-bond acceptors (Lipinski definition) is 5. The Bertz CT molecular complexity index is 615. The molecule has 0 aliphatic heterocycles. The fraction of sp³-hybridized carbons (Fsp3) is 0.353. The predicted molar refractivity (Wildman–Crippen MR) is 86.2 cm³/mol. The van der Waals surface area contributed by atoms with Gasteiger partial charge in [0.1, 0.15) is 11.6 Å². The molecule has 1 rings (SSSR count). The number of nitrogens with one attached hydrogen (secondary N) is 2. The van der Waals surface area contributed by atoms with E-state index in [0.717, 1.165) is 12.0 Å². The van der Waals surface area contributed by atoms with E-state index in [4.69, 9.17) is 5.26 Å². The molecule has 122 valence electrons. The van der Waals surface area contributed by atoms with Crippen molar-refractivity contribution in [3.8, 4) is 6.07 Å². The number of amides is 1. The van der Waals surface area contributed by atoms with E-state index >= 15 is 0 Å². The van der Waals surface area contributed by atoms with Crippen LogP contribution in [0.3, 0.4) is 0 Å². The molecule has 0 spiro atoms.